The molecule has 0 atom stereocenters. The fourth-order valence-electron chi connectivity index (χ4n) is 3.21. The molecule has 2 N–H and O–H groups in total. The SMILES string of the molecule is CN(C)c1ccc(Nc2c3ccccc3nc3c(C(=O)O)cccc23)cc1. The number of rotatable bonds is 4. The molecule has 0 saturated heterocycles. The van der Waals surface area contributed by atoms with E-state index in [0.29, 0.717) is 5.52 Å². The number of nitrogens with zero attached hydrogens (tertiary/aromatic N) is 2. The van der Waals surface area contributed by atoms with Crippen LogP contribution in [0.1, 0.15) is 10.4 Å². The van der Waals surface area contributed by atoms with Crippen molar-refractivity contribution in [2.75, 3.05) is 24.3 Å². The summed E-state index contributed by atoms with van der Waals surface area (Å²) < 4.78 is 0. The van der Waals surface area contributed by atoms with Gasteiger partial charge >= 0.3 is 5.97 Å². The molecule has 0 bridgehead atoms. The number of para-hydroxylation sites is 2. The molecule has 3 aromatic carbocycles. The number of carbonyl (C=O) groups is 1. The fraction of sp³-hybridized carbons (Fsp3) is 0.0909. The van der Waals surface area contributed by atoms with Gasteiger partial charge in [-0.2, -0.15) is 0 Å². The zero-order valence-corrected chi connectivity index (χ0v) is 15.1. The highest BCUT2D eigenvalue weighted by Gasteiger charge is 2.15. The summed E-state index contributed by atoms with van der Waals surface area (Å²) in [4.78, 5) is 18.3. The minimum atomic E-state index is -0.982. The molecule has 0 amide bonds. The van der Waals surface area contributed by atoms with Gasteiger partial charge in [-0.25, -0.2) is 9.78 Å². The maximum Gasteiger partial charge on any atom is 0.337 e. The van der Waals surface area contributed by atoms with Crippen molar-refractivity contribution in [3.05, 3.63) is 72.3 Å². The van der Waals surface area contributed by atoms with Crippen LogP contribution in [0.4, 0.5) is 17.1 Å². The van der Waals surface area contributed by atoms with Crippen LogP contribution in [0.5, 0.6) is 0 Å². The van der Waals surface area contributed by atoms with E-state index < -0.39 is 5.97 Å². The predicted molar refractivity (Wildman–Crippen MR) is 110 cm³/mol. The van der Waals surface area contributed by atoms with Crippen molar-refractivity contribution in [1.29, 1.82) is 0 Å². The average molecular weight is 357 g/mol. The summed E-state index contributed by atoms with van der Waals surface area (Å²) in [6.45, 7) is 0. The predicted octanol–water partition coefficient (Wildman–Crippen LogP) is 4.90. The smallest absolute Gasteiger partial charge is 0.337 e. The molecule has 1 heterocycles. The number of aromatic carboxylic acids is 1. The lowest BCUT2D eigenvalue weighted by molar-refractivity contribution is 0.0699. The van der Waals surface area contributed by atoms with Crippen molar-refractivity contribution < 1.29 is 9.90 Å². The molecule has 0 aliphatic carbocycles. The Morgan fingerprint density at radius 1 is 0.926 bits per heavy atom. The molecule has 0 fully saturated rings. The lowest BCUT2D eigenvalue weighted by atomic mass is 10.0. The topological polar surface area (TPSA) is 65.5 Å². The molecule has 27 heavy (non-hydrogen) atoms. The summed E-state index contributed by atoms with van der Waals surface area (Å²) in [7, 11) is 4.00. The maximum atomic E-state index is 11.7. The Morgan fingerprint density at radius 3 is 2.33 bits per heavy atom. The first-order chi connectivity index (χ1) is 13.0. The van der Waals surface area contributed by atoms with Gasteiger partial charge in [0, 0.05) is 36.2 Å². The van der Waals surface area contributed by atoms with Crippen LogP contribution >= 0.6 is 0 Å². The quantitative estimate of drug-likeness (QED) is 0.509. The van der Waals surface area contributed by atoms with Crippen molar-refractivity contribution in [1.82, 2.24) is 4.98 Å². The highest BCUT2D eigenvalue weighted by molar-refractivity contribution is 6.13. The van der Waals surface area contributed by atoms with Crippen LogP contribution < -0.4 is 10.2 Å². The fourth-order valence-corrected chi connectivity index (χ4v) is 3.21. The number of hydrogen-bond acceptors (Lipinski definition) is 4. The normalized spacial score (nSPS) is 10.9. The van der Waals surface area contributed by atoms with Crippen LogP contribution in [0, 0.1) is 0 Å². The number of aromatic nitrogens is 1. The van der Waals surface area contributed by atoms with Crippen LogP contribution in [0.15, 0.2) is 66.7 Å². The summed E-state index contributed by atoms with van der Waals surface area (Å²) in [6.07, 6.45) is 0. The number of nitrogens with one attached hydrogen (secondary N) is 1. The van der Waals surface area contributed by atoms with Crippen molar-refractivity contribution in [3.63, 3.8) is 0 Å². The van der Waals surface area contributed by atoms with Crippen molar-refractivity contribution in [2.45, 2.75) is 0 Å². The Kier molecular flexibility index (Phi) is 4.12. The molecular weight excluding hydrogens is 338 g/mol. The third-order valence-corrected chi connectivity index (χ3v) is 4.59. The van der Waals surface area contributed by atoms with E-state index in [9.17, 15) is 9.90 Å². The largest absolute Gasteiger partial charge is 0.478 e. The lowest BCUT2D eigenvalue weighted by Gasteiger charge is -2.16. The number of pyridine rings is 1. The van der Waals surface area contributed by atoms with Gasteiger partial charge in [0.05, 0.1) is 22.3 Å². The number of hydrogen-bond donors (Lipinski definition) is 2. The third-order valence-electron chi connectivity index (χ3n) is 4.59. The third kappa shape index (κ3) is 3.04. The molecule has 0 spiro atoms. The van der Waals surface area contributed by atoms with Crippen molar-refractivity contribution in [2.24, 2.45) is 0 Å². The molecule has 134 valence electrons. The summed E-state index contributed by atoms with van der Waals surface area (Å²) in [5.41, 5.74) is 4.33. The van der Waals surface area contributed by atoms with Crippen LogP contribution in [0.3, 0.4) is 0 Å². The van der Waals surface area contributed by atoms with Crippen LogP contribution in [-0.4, -0.2) is 30.2 Å². The van der Waals surface area contributed by atoms with Gasteiger partial charge in [-0.3, -0.25) is 0 Å². The first-order valence-electron chi connectivity index (χ1n) is 8.64. The molecule has 0 unspecified atom stereocenters. The lowest BCUT2D eigenvalue weighted by Crippen LogP contribution is -2.08. The summed E-state index contributed by atoms with van der Waals surface area (Å²) in [5.74, 6) is -0.982. The summed E-state index contributed by atoms with van der Waals surface area (Å²) in [6, 6.07) is 21.1. The van der Waals surface area contributed by atoms with Gasteiger partial charge in [0.2, 0.25) is 0 Å². The van der Waals surface area contributed by atoms with E-state index in [2.05, 4.69) is 10.3 Å². The van der Waals surface area contributed by atoms with E-state index in [0.717, 1.165) is 33.4 Å². The zero-order chi connectivity index (χ0) is 19.0. The number of anilines is 3. The van der Waals surface area contributed by atoms with E-state index >= 15 is 0 Å². The van der Waals surface area contributed by atoms with E-state index in [1.54, 1.807) is 12.1 Å². The molecule has 0 aliphatic rings. The van der Waals surface area contributed by atoms with Gasteiger partial charge in [0.15, 0.2) is 0 Å². The Balaban J connectivity index is 1.93. The van der Waals surface area contributed by atoms with Gasteiger partial charge in [-0.15, -0.1) is 0 Å². The summed E-state index contributed by atoms with van der Waals surface area (Å²) in [5, 5.41) is 14.8. The molecule has 0 aliphatic heterocycles. The monoisotopic (exact) mass is 357 g/mol. The van der Waals surface area contributed by atoms with Crippen LogP contribution in [0.25, 0.3) is 21.8 Å². The van der Waals surface area contributed by atoms with Gasteiger partial charge in [-0.1, -0.05) is 30.3 Å². The molecular formula is C22H19N3O2. The molecule has 0 saturated carbocycles. The minimum absolute atomic E-state index is 0.198. The van der Waals surface area contributed by atoms with Gasteiger partial charge < -0.3 is 15.3 Å². The zero-order valence-electron chi connectivity index (χ0n) is 15.1. The van der Waals surface area contributed by atoms with Crippen molar-refractivity contribution in [3.8, 4) is 0 Å². The standard InChI is InChI=1S/C22H19N3O2/c1-25(2)15-12-10-14(11-13-15)23-20-16-6-3-4-9-19(16)24-21-17(20)7-5-8-18(21)22(26)27/h3-13H,1-2H3,(H,23,24)(H,26,27). The number of fused-ring (bicyclic) bond motifs is 2. The van der Waals surface area contributed by atoms with E-state index in [1.807, 2.05) is 73.6 Å². The highest BCUT2D eigenvalue weighted by atomic mass is 16.4. The van der Waals surface area contributed by atoms with E-state index in [-0.39, 0.29) is 5.56 Å². The van der Waals surface area contributed by atoms with Crippen LogP contribution in [-0.2, 0) is 0 Å². The molecule has 5 heteroatoms. The summed E-state index contributed by atoms with van der Waals surface area (Å²) >= 11 is 0. The molecule has 4 aromatic rings. The Labute approximate surface area is 156 Å². The Bertz CT molecular complexity index is 1150. The second kappa shape index (κ2) is 6.61. The number of carboxylic acid groups (broad SMARTS) is 1. The van der Waals surface area contributed by atoms with Crippen LogP contribution in [0.2, 0.25) is 0 Å². The molecule has 1 aromatic heterocycles. The first-order valence-corrected chi connectivity index (χ1v) is 8.64. The Morgan fingerprint density at radius 2 is 1.63 bits per heavy atom. The molecule has 5 nitrogen and oxygen atoms in total. The molecule has 0 radical (unpaired) electrons. The van der Waals surface area contributed by atoms with E-state index in [4.69, 9.17) is 0 Å². The first kappa shape index (κ1) is 16.8. The second-order valence-electron chi connectivity index (χ2n) is 6.58. The maximum absolute atomic E-state index is 11.7. The number of carboxylic acids is 1. The van der Waals surface area contributed by atoms with Gasteiger partial charge in [0.1, 0.15) is 0 Å². The van der Waals surface area contributed by atoms with Crippen molar-refractivity contribution >= 4 is 44.8 Å². The van der Waals surface area contributed by atoms with Gasteiger partial charge in [-0.05, 0) is 36.4 Å². The second-order valence-corrected chi connectivity index (χ2v) is 6.58. The minimum Gasteiger partial charge on any atom is -0.478 e. The van der Waals surface area contributed by atoms with Gasteiger partial charge in [0.25, 0.3) is 0 Å². The van der Waals surface area contributed by atoms with E-state index in [1.165, 1.54) is 0 Å². The highest BCUT2D eigenvalue weighted by Crippen LogP contribution is 2.34. The Hall–Kier alpha value is -3.60. The molecule has 4 rings (SSSR count). The average Bonchev–Trinajstić information content (AvgIpc) is 2.67. The number of benzene rings is 3.